The summed E-state index contributed by atoms with van der Waals surface area (Å²) in [6.45, 7) is 2.38. The number of benzene rings is 3. The number of rotatable bonds is 7. The van der Waals surface area contributed by atoms with Crippen molar-refractivity contribution in [2.45, 2.75) is 19.4 Å². The van der Waals surface area contributed by atoms with Crippen LogP contribution in [0.15, 0.2) is 54.6 Å². The maximum Gasteiger partial charge on any atom is 0.229 e. The van der Waals surface area contributed by atoms with Gasteiger partial charge in [0, 0.05) is 19.2 Å². The van der Waals surface area contributed by atoms with Gasteiger partial charge in [-0.1, -0.05) is 36.4 Å². The summed E-state index contributed by atoms with van der Waals surface area (Å²) in [7, 11) is 6.68. The summed E-state index contributed by atoms with van der Waals surface area (Å²) in [5.41, 5.74) is 1.89. The zero-order valence-electron chi connectivity index (χ0n) is 17.6. The first-order chi connectivity index (χ1) is 14.0. The number of amides is 1. The van der Waals surface area contributed by atoms with E-state index in [4.69, 9.17) is 14.2 Å². The van der Waals surface area contributed by atoms with Crippen molar-refractivity contribution in [3.63, 3.8) is 0 Å². The maximum absolute atomic E-state index is 13.1. The number of methoxy groups -OCH3 is 3. The number of likely N-dealkylation sites (N-methyl/N-ethyl adjacent to an activating group) is 1. The molecule has 3 rings (SSSR count). The lowest BCUT2D eigenvalue weighted by molar-refractivity contribution is -0.131. The third-order valence-electron chi connectivity index (χ3n) is 5.21. The van der Waals surface area contributed by atoms with E-state index < -0.39 is 0 Å². The Morgan fingerprint density at radius 2 is 1.66 bits per heavy atom. The maximum atomic E-state index is 13.1. The van der Waals surface area contributed by atoms with Gasteiger partial charge in [-0.25, -0.2) is 0 Å². The van der Waals surface area contributed by atoms with Crippen LogP contribution in [0.25, 0.3) is 10.8 Å². The number of hydrogen-bond acceptors (Lipinski definition) is 4. The van der Waals surface area contributed by atoms with Crippen molar-refractivity contribution in [2.24, 2.45) is 0 Å². The highest BCUT2D eigenvalue weighted by atomic mass is 16.5. The summed E-state index contributed by atoms with van der Waals surface area (Å²) in [5.74, 6) is 1.91. The van der Waals surface area contributed by atoms with E-state index in [0.717, 1.165) is 27.6 Å². The van der Waals surface area contributed by atoms with Gasteiger partial charge < -0.3 is 19.1 Å². The van der Waals surface area contributed by atoms with Gasteiger partial charge in [0.25, 0.3) is 0 Å². The van der Waals surface area contributed by atoms with Crippen LogP contribution < -0.4 is 14.2 Å². The molecule has 0 aromatic heterocycles. The fourth-order valence-corrected chi connectivity index (χ4v) is 3.52. The molecule has 0 unspecified atom stereocenters. The molecule has 0 fully saturated rings. The summed E-state index contributed by atoms with van der Waals surface area (Å²) in [6.07, 6.45) is 0. The number of ether oxygens (including phenoxy) is 3. The molecule has 3 aromatic rings. The number of fused-ring (bicyclic) bond motifs is 1. The highest BCUT2D eigenvalue weighted by Crippen LogP contribution is 2.32. The quantitative estimate of drug-likeness (QED) is 0.587. The van der Waals surface area contributed by atoms with Crippen LogP contribution in [-0.2, 0) is 11.3 Å². The molecule has 1 atom stereocenters. The first kappa shape index (κ1) is 20.5. The number of carbonyl (C=O) groups is 1. The zero-order valence-corrected chi connectivity index (χ0v) is 17.6. The predicted molar refractivity (Wildman–Crippen MR) is 115 cm³/mol. The molecule has 5 heteroatoms. The second-order valence-corrected chi connectivity index (χ2v) is 7.04. The van der Waals surface area contributed by atoms with Crippen LogP contribution in [0.4, 0.5) is 0 Å². The van der Waals surface area contributed by atoms with Crippen molar-refractivity contribution in [2.75, 3.05) is 28.4 Å². The van der Waals surface area contributed by atoms with Crippen molar-refractivity contribution in [1.29, 1.82) is 0 Å². The molecule has 0 aliphatic carbocycles. The van der Waals surface area contributed by atoms with Gasteiger partial charge in [-0.3, -0.25) is 4.79 Å². The molecule has 0 spiro atoms. The predicted octanol–water partition coefficient (Wildman–Crippen LogP) is 4.63. The summed E-state index contributed by atoms with van der Waals surface area (Å²) < 4.78 is 16.1. The molecule has 0 bridgehead atoms. The lowest BCUT2D eigenvalue weighted by atomic mass is 9.96. The minimum absolute atomic E-state index is 0.0442. The first-order valence-corrected chi connectivity index (χ1v) is 9.51. The van der Waals surface area contributed by atoms with Crippen molar-refractivity contribution in [3.8, 4) is 17.2 Å². The molecule has 0 aliphatic heterocycles. The summed E-state index contributed by atoms with van der Waals surface area (Å²) in [4.78, 5) is 14.8. The Bertz CT molecular complexity index is 1010. The SMILES string of the molecule is COc1ccc2cc([C@H](C)C(=O)N(C)Cc3cccc(OC)c3OC)ccc2c1. The summed E-state index contributed by atoms with van der Waals surface area (Å²) in [6, 6.07) is 17.7. The van der Waals surface area contributed by atoms with E-state index in [2.05, 4.69) is 6.07 Å². The number of nitrogens with zero attached hydrogens (tertiary/aromatic N) is 1. The minimum atomic E-state index is -0.261. The van der Waals surface area contributed by atoms with E-state index in [9.17, 15) is 4.79 Å². The second-order valence-electron chi connectivity index (χ2n) is 7.04. The third kappa shape index (κ3) is 4.29. The number of hydrogen-bond donors (Lipinski definition) is 0. The molecule has 0 saturated heterocycles. The largest absolute Gasteiger partial charge is 0.497 e. The lowest BCUT2D eigenvalue weighted by Crippen LogP contribution is -2.30. The zero-order chi connectivity index (χ0) is 21.0. The van der Waals surface area contributed by atoms with Crippen molar-refractivity contribution < 1.29 is 19.0 Å². The van der Waals surface area contributed by atoms with Crippen LogP contribution in [-0.4, -0.2) is 39.2 Å². The molecule has 0 saturated carbocycles. The molecule has 0 N–H and O–H groups in total. The van der Waals surface area contributed by atoms with Crippen LogP contribution in [0, 0.1) is 0 Å². The highest BCUT2D eigenvalue weighted by molar-refractivity contribution is 5.88. The van der Waals surface area contributed by atoms with E-state index in [-0.39, 0.29) is 11.8 Å². The molecule has 29 heavy (non-hydrogen) atoms. The smallest absolute Gasteiger partial charge is 0.229 e. The Balaban J connectivity index is 1.80. The van der Waals surface area contributed by atoms with E-state index in [1.807, 2.05) is 62.5 Å². The van der Waals surface area contributed by atoms with Crippen molar-refractivity contribution >= 4 is 16.7 Å². The van der Waals surface area contributed by atoms with E-state index in [1.165, 1.54) is 0 Å². The molecule has 0 radical (unpaired) electrons. The number of carbonyl (C=O) groups excluding carboxylic acids is 1. The van der Waals surface area contributed by atoms with E-state index >= 15 is 0 Å². The van der Waals surface area contributed by atoms with Gasteiger partial charge in [0.15, 0.2) is 11.5 Å². The van der Waals surface area contributed by atoms with E-state index in [1.54, 1.807) is 26.2 Å². The lowest BCUT2D eigenvalue weighted by Gasteiger charge is -2.23. The van der Waals surface area contributed by atoms with Gasteiger partial charge >= 0.3 is 0 Å². The Labute approximate surface area is 171 Å². The molecule has 152 valence electrons. The van der Waals surface area contributed by atoms with Crippen LogP contribution in [0.2, 0.25) is 0 Å². The first-order valence-electron chi connectivity index (χ1n) is 9.51. The molecule has 1 amide bonds. The average Bonchev–Trinajstić information content (AvgIpc) is 2.76. The Morgan fingerprint density at radius 1 is 0.931 bits per heavy atom. The second kappa shape index (κ2) is 8.86. The average molecular weight is 393 g/mol. The molecule has 3 aromatic carbocycles. The monoisotopic (exact) mass is 393 g/mol. The standard InChI is InChI=1S/C24H27NO4/c1-16(17-9-10-19-14-21(27-3)12-11-18(19)13-17)24(26)25(2)15-20-7-6-8-22(28-4)23(20)29-5/h6-14,16H,15H2,1-5H3/t16-/m0/s1. The molecular formula is C24H27NO4. The van der Waals surface area contributed by atoms with Crippen LogP contribution in [0.5, 0.6) is 17.2 Å². The normalized spacial score (nSPS) is 11.8. The Hall–Kier alpha value is -3.21. The van der Waals surface area contributed by atoms with Gasteiger partial charge in [0.1, 0.15) is 5.75 Å². The van der Waals surface area contributed by atoms with Gasteiger partial charge in [-0.15, -0.1) is 0 Å². The van der Waals surface area contributed by atoms with Crippen LogP contribution in [0.3, 0.4) is 0 Å². The fourth-order valence-electron chi connectivity index (χ4n) is 3.52. The fraction of sp³-hybridized carbons (Fsp3) is 0.292. The molecule has 0 heterocycles. The Kier molecular flexibility index (Phi) is 6.27. The number of para-hydroxylation sites is 1. The van der Waals surface area contributed by atoms with Crippen molar-refractivity contribution in [1.82, 2.24) is 4.90 Å². The summed E-state index contributed by atoms with van der Waals surface area (Å²) in [5, 5.41) is 2.17. The molecular weight excluding hydrogens is 366 g/mol. The Morgan fingerprint density at radius 3 is 2.34 bits per heavy atom. The van der Waals surface area contributed by atoms with Gasteiger partial charge in [0.05, 0.1) is 27.2 Å². The van der Waals surface area contributed by atoms with Gasteiger partial charge in [0.2, 0.25) is 5.91 Å². The van der Waals surface area contributed by atoms with E-state index in [0.29, 0.717) is 18.0 Å². The topological polar surface area (TPSA) is 48.0 Å². The van der Waals surface area contributed by atoms with Gasteiger partial charge in [-0.05, 0) is 41.5 Å². The highest BCUT2D eigenvalue weighted by Gasteiger charge is 2.21. The third-order valence-corrected chi connectivity index (χ3v) is 5.21. The molecule has 0 aliphatic rings. The van der Waals surface area contributed by atoms with Crippen molar-refractivity contribution in [3.05, 3.63) is 65.7 Å². The van der Waals surface area contributed by atoms with Crippen LogP contribution in [0.1, 0.15) is 24.0 Å². The van der Waals surface area contributed by atoms with Crippen LogP contribution >= 0.6 is 0 Å². The summed E-state index contributed by atoms with van der Waals surface area (Å²) >= 11 is 0. The minimum Gasteiger partial charge on any atom is -0.497 e. The molecule has 5 nitrogen and oxygen atoms in total. The van der Waals surface area contributed by atoms with Gasteiger partial charge in [-0.2, -0.15) is 0 Å².